The van der Waals surface area contributed by atoms with Crippen LogP contribution in [0.25, 0.3) is 0 Å². The predicted molar refractivity (Wildman–Crippen MR) is 85.3 cm³/mol. The van der Waals surface area contributed by atoms with Crippen LogP contribution in [0, 0.1) is 6.92 Å². The molecule has 4 heteroatoms. The van der Waals surface area contributed by atoms with Gasteiger partial charge < -0.3 is 10.2 Å². The van der Waals surface area contributed by atoms with Gasteiger partial charge in [0.05, 0.1) is 0 Å². The van der Waals surface area contributed by atoms with Crippen LogP contribution in [0.5, 0.6) is 0 Å². The van der Waals surface area contributed by atoms with Gasteiger partial charge in [0.2, 0.25) is 0 Å². The molecule has 0 aliphatic carbocycles. The SMILES string of the molecule is CNCc1cnc(C)cc1N(C)Cc1ccccc1Cl. The quantitative estimate of drug-likeness (QED) is 0.914. The average molecular weight is 290 g/mol. The van der Waals surface area contributed by atoms with Crippen LogP contribution >= 0.6 is 11.6 Å². The molecule has 0 aliphatic heterocycles. The molecule has 0 atom stereocenters. The van der Waals surface area contributed by atoms with Crippen molar-refractivity contribution in [2.45, 2.75) is 20.0 Å². The van der Waals surface area contributed by atoms with E-state index in [1.165, 1.54) is 11.3 Å². The number of hydrogen-bond donors (Lipinski definition) is 1. The van der Waals surface area contributed by atoms with Gasteiger partial charge in [-0.15, -0.1) is 0 Å². The summed E-state index contributed by atoms with van der Waals surface area (Å²) in [5.41, 5.74) is 4.52. The Kier molecular flexibility index (Phi) is 4.99. The maximum absolute atomic E-state index is 6.24. The standard InChI is InChI=1S/C16H20ClN3/c1-12-8-16(14(9-18-2)10-19-12)20(3)11-13-6-4-5-7-15(13)17/h4-8,10,18H,9,11H2,1-3H3. The number of aryl methyl sites for hydroxylation is 1. The highest BCUT2D eigenvalue weighted by molar-refractivity contribution is 6.31. The fraction of sp³-hybridized carbons (Fsp3) is 0.312. The average Bonchev–Trinajstić information content (AvgIpc) is 2.43. The minimum absolute atomic E-state index is 0.778. The van der Waals surface area contributed by atoms with E-state index in [9.17, 15) is 0 Å². The van der Waals surface area contributed by atoms with Crippen LogP contribution in [-0.4, -0.2) is 19.1 Å². The second-order valence-corrected chi connectivity index (χ2v) is 5.34. The van der Waals surface area contributed by atoms with Crippen LogP contribution in [0.1, 0.15) is 16.8 Å². The van der Waals surface area contributed by atoms with Crippen molar-refractivity contribution in [3.8, 4) is 0 Å². The van der Waals surface area contributed by atoms with Gasteiger partial charge in [-0.05, 0) is 31.7 Å². The molecule has 2 rings (SSSR count). The van der Waals surface area contributed by atoms with Gasteiger partial charge in [0.1, 0.15) is 0 Å². The molecular weight excluding hydrogens is 270 g/mol. The molecule has 20 heavy (non-hydrogen) atoms. The van der Waals surface area contributed by atoms with Crippen molar-refractivity contribution < 1.29 is 0 Å². The first kappa shape index (κ1) is 14.8. The fourth-order valence-corrected chi connectivity index (χ4v) is 2.42. The summed E-state index contributed by atoms with van der Waals surface area (Å²) in [7, 11) is 4.02. The minimum Gasteiger partial charge on any atom is -0.370 e. The topological polar surface area (TPSA) is 28.2 Å². The second-order valence-electron chi connectivity index (χ2n) is 4.93. The summed E-state index contributed by atoms with van der Waals surface area (Å²) < 4.78 is 0. The summed E-state index contributed by atoms with van der Waals surface area (Å²) in [6, 6.07) is 10.1. The molecule has 0 unspecified atom stereocenters. The normalized spacial score (nSPS) is 10.6. The lowest BCUT2D eigenvalue weighted by atomic mass is 10.1. The molecule has 0 aliphatic rings. The first-order valence-corrected chi connectivity index (χ1v) is 7.04. The first-order valence-electron chi connectivity index (χ1n) is 6.66. The zero-order valence-corrected chi connectivity index (χ0v) is 12.9. The number of nitrogens with one attached hydrogen (secondary N) is 1. The third-order valence-corrected chi connectivity index (χ3v) is 3.61. The van der Waals surface area contributed by atoms with Crippen LogP contribution in [-0.2, 0) is 13.1 Å². The molecule has 0 radical (unpaired) electrons. The summed E-state index contributed by atoms with van der Waals surface area (Å²) in [5.74, 6) is 0. The Morgan fingerprint density at radius 2 is 2.00 bits per heavy atom. The molecule has 0 spiro atoms. The molecule has 0 amide bonds. The second kappa shape index (κ2) is 6.73. The van der Waals surface area contributed by atoms with E-state index in [4.69, 9.17) is 11.6 Å². The van der Waals surface area contributed by atoms with Gasteiger partial charge in [-0.3, -0.25) is 4.98 Å². The zero-order chi connectivity index (χ0) is 14.5. The Morgan fingerprint density at radius 1 is 1.25 bits per heavy atom. The van der Waals surface area contributed by atoms with Crippen molar-refractivity contribution in [3.05, 3.63) is 58.4 Å². The highest BCUT2D eigenvalue weighted by Gasteiger charge is 2.10. The van der Waals surface area contributed by atoms with Crippen LogP contribution in [0.4, 0.5) is 5.69 Å². The van der Waals surface area contributed by atoms with E-state index in [1.54, 1.807) is 0 Å². The van der Waals surface area contributed by atoms with E-state index >= 15 is 0 Å². The number of nitrogens with zero attached hydrogens (tertiary/aromatic N) is 2. The maximum atomic E-state index is 6.24. The van der Waals surface area contributed by atoms with Gasteiger partial charge in [-0.25, -0.2) is 0 Å². The Labute approximate surface area is 125 Å². The number of benzene rings is 1. The Hall–Kier alpha value is -1.58. The first-order chi connectivity index (χ1) is 9.61. The summed E-state index contributed by atoms with van der Waals surface area (Å²) in [4.78, 5) is 6.58. The van der Waals surface area contributed by atoms with E-state index < -0.39 is 0 Å². The van der Waals surface area contributed by atoms with Crippen LogP contribution in [0.15, 0.2) is 36.5 Å². The van der Waals surface area contributed by atoms with Crippen molar-refractivity contribution in [3.63, 3.8) is 0 Å². The van der Waals surface area contributed by atoms with Gasteiger partial charge >= 0.3 is 0 Å². The van der Waals surface area contributed by atoms with E-state index in [-0.39, 0.29) is 0 Å². The Balaban J connectivity index is 2.26. The summed E-state index contributed by atoms with van der Waals surface area (Å²) in [6.07, 6.45) is 1.93. The molecular formula is C16H20ClN3. The van der Waals surface area contributed by atoms with Crippen LogP contribution < -0.4 is 10.2 Å². The number of hydrogen-bond acceptors (Lipinski definition) is 3. The molecule has 1 aromatic carbocycles. The molecule has 3 nitrogen and oxygen atoms in total. The lowest BCUT2D eigenvalue weighted by molar-refractivity contribution is 0.798. The van der Waals surface area contributed by atoms with E-state index in [0.717, 1.165) is 29.4 Å². The van der Waals surface area contributed by atoms with Crippen molar-refractivity contribution in [1.29, 1.82) is 0 Å². The predicted octanol–water partition coefficient (Wildman–Crippen LogP) is 3.40. The van der Waals surface area contributed by atoms with E-state index in [0.29, 0.717) is 0 Å². The lowest BCUT2D eigenvalue weighted by Gasteiger charge is -2.23. The minimum atomic E-state index is 0.778. The van der Waals surface area contributed by atoms with Gasteiger partial charge in [0, 0.05) is 48.3 Å². The van der Waals surface area contributed by atoms with E-state index in [2.05, 4.69) is 34.4 Å². The zero-order valence-electron chi connectivity index (χ0n) is 12.2. The van der Waals surface area contributed by atoms with Gasteiger partial charge in [-0.2, -0.15) is 0 Å². The molecule has 0 fully saturated rings. The third-order valence-electron chi connectivity index (χ3n) is 3.24. The smallest absolute Gasteiger partial charge is 0.0455 e. The van der Waals surface area contributed by atoms with Crippen molar-refractivity contribution in [2.24, 2.45) is 0 Å². The molecule has 1 aromatic heterocycles. The Morgan fingerprint density at radius 3 is 2.70 bits per heavy atom. The number of rotatable bonds is 5. The highest BCUT2D eigenvalue weighted by atomic mass is 35.5. The largest absolute Gasteiger partial charge is 0.370 e. The van der Waals surface area contributed by atoms with Crippen LogP contribution in [0.2, 0.25) is 5.02 Å². The molecule has 1 heterocycles. The monoisotopic (exact) mass is 289 g/mol. The van der Waals surface area contributed by atoms with Crippen LogP contribution in [0.3, 0.4) is 0 Å². The fourth-order valence-electron chi connectivity index (χ4n) is 2.22. The molecule has 0 saturated heterocycles. The van der Waals surface area contributed by atoms with Gasteiger partial charge in [0.15, 0.2) is 0 Å². The summed E-state index contributed by atoms with van der Waals surface area (Å²) in [6.45, 7) is 3.59. The maximum Gasteiger partial charge on any atom is 0.0455 e. The Bertz CT molecular complexity index is 584. The van der Waals surface area contributed by atoms with Crippen molar-refractivity contribution in [1.82, 2.24) is 10.3 Å². The number of pyridine rings is 1. The number of anilines is 1. The van der Waals surface area contributed by atoms with E-state index in [1.807, 2.05) is 38.4 Å². The third kappa shape index (κ3) is 3.50. The van der Waals surface area contributed by atoms with Gasteiger partial charge in [0.25, 0.3) is 0 Å². The van der Waals surface area contributed by atoms with Gasteiger partial charge in [-0.1, -0.05) is 29.8 Å². The number of halogens is 1. The molecule has 2 aromatic rings. The summed E-state index contributed by atoms with van der Waals surface area (Å²) in [5, 5.41) is 3.99. The lowest BCUT2D eigenvalue weighted by Crippen LogP contribution is -2.20. The molecule has 106 valence electrons. The van der Waals surface area contributed by atoms with Crippen molar-refractivity contribution >= 4 is 17.3 Å². The highest BCUT2D eigenvalue weighted by Crippen LogP contribution is 2.24. The summed E-state index contributed by atoms with van der Waals surface area (Å²) >= 11 is 6.24. The number of aromatic nitrogens is 1. The molecule has 1 N–H and O–H groups in total. The van der Waals surface area contributed by atoms with Crippen molar-refractivity contribution in [2.75, 3.05) is 19.0 Å². The molecule has 0 saturated carbocycles. The molecule has 0 bridgehead atoms.